The van der Waals surface area contributed by atoms with Crippen LogP contribution in [0.15, 0.2) is 53.0 Å². The molecule has 1 N–H and O–H groups in total. The molecule has 0 aliphatic carbocycles. The van der Waals surface area contributed by atoms with Crippen molar-refractivity contribution < 1.29 is 0 Å². The summed E-state index contributed by atoms with van der Waals surface area (Å²) in [5.41, 5.74) is 2.75. The summed E-state index contributed by atoms with van der Waals surface area (Å²) in [7, 11) is 0. The Balaban J connectivity index is 1.94. The molecule has 2 aromatic carbocycles. The molecule has 1 fully saturated rings. The van der Waals surface area contributed by atoms with Crippen LogP contribution >= 0.6 is 27.5 Å². The fourth-order valence-corrected chi connectivity index (χ4v) is 3.49. The second-order valence-electron chi connectivity index (χ2n) is 5.29. The van der Waals surface area contributed by atoms with E-state index in [9.17, 15) is 0 Å². The fraction of sp³-hybridized carbons (Fsp3) is 0.294. The Bertz CT molecular complexity index is 585. The molecule has 0 spiro atoms. The summed E-state index contributed by atoms with van der Waals surface area (Å²) in [6.07, 6.45) is 1.15. The number of hydrogen-bond acceptors (Lipinski definition) is 1. The molecule has 1 heterocycles. The molecule has 1 aliphatic heterocycles. The van der Waals surface area contributed by atoms with Gasteiger partial charge in [0.25, 0.3) is 0 Å². The second-order valence-corrected chi connectivity index (χ2v) is 6.55. The van der Waals surface area contributed by atoms with Gasteiger partial charge in [-0.2, -0.15) is 0 Å². The normalized spacial score (nSPS) is 22.7. The number of piperidine rings is 1. The van der Waals surface area contributed by atoms with Crippen LogP contribution in [-0.2, 0) is 0 Å². The average molecular weight is 351 g/mol. The van der Waals surface area contributed by atoms with Crippen LogP contribution in [0.25, 0.3) is 0 Å². The van der Waals surface area contributed by atoms with Crippen LogP contribution in [0, 0.1) is 0 Å². The Morgan fingerprint density at radius 1 is 1.00 bits per heavy atom. The Labute approximate surface area is 133 Å². The maximum Gasteiger partial charge on any atom is 0.0550 e. The van der Waals surface area contributed by atoms with Gasteiger partial charge < -0.3 is 5.32 Å². The van der Waals surface area contributed by atoms with E-state index in [0.717, 1.165) is 29.0 Å². The lowest BCUT2D eigenvalue weighted by molar-refractivity contribution is 0.404. The van der Waals surface area contributed by atoms with E-state index in [-0.39, 0.29) is 0 Å². The van der Waals surface area contributed by atoms with Crippen molar-refractivity contribution in [1.82, 2.24) is 5.32 Å². The van der Waals surface area contributed by atoms with Crippen LogP contribution in [0.3, 0.4) is 0 Å². The van der Waals surface area contributed by atoms with Crippen molar-refractivity contribution in [3.05, 3.63) is 69.2 Å². The molecule has 0 radical (unpaired) electrons. The SMILES string of the molecule is Clc1cc(C2CCNCC2c2ccccc2)ccc1Br. The zero-order valence-electron chi connectivity index (χ0n) is 11.2. The Morgan fingerprint density at radius 3 is 2.55 bits per heavy atom. The first-order valence-electron chi connectivity index (χ1n) is 6.96. The molecular formula is C17H17BrClN. The van der Waals surface area contributed by atoms with E-state index in [1.54, 1.807) is 0 Å². The highest BCUT2D eigenvalue weighted by molar-refractivity contribution is 9.10. The highest BCUT2D eigenvalue weighted by Gasteiger charge is 2.27. The van der Waals surface area contributed by atoms with Crippen molar-refractivity contribution in [3.63, 3.8) is 0 Å². The molecule has 0 bridgehead atoms. The first-order valence-corrected chi connectivity index (χ1v) is 8.13. The maximum atomic E-state index is 6.26. The molecule has 0 saturated carbocycles. The topological polar surface area (TPSA) is 12.0 Å². The van der Waals surface area contributed by atoms with Gasteiger partial charge in [-0.25, -0.2) is 0 Å². The van der Waals surface area contributed by atoms with Crippen molar-refractivity contribution in [3.8, 4) is 0 Å². The van der Waals surface area contributed by atoms with Crippen LogP contribution in [0.5, 0.6) is 0 Å². The minimum atomic E-state index is 0.516. The summed E-state index contributed by atoms with van der Waals surface area (Å²) in [5.74, 6) is 1.05. The summed E-state index contributed by atoms with van der Waals surface area (Å²) < 4.78 is 0.966. The molecule has 1 saturated heterocycles. The minimum Gasteiger partial charge on any atom is -0.316 e. The van der Waals surface area contributed by atoms with E-state index in [1.807, 2.05) is 0 Å². The second kappa shape index (κ2) is 6.30. The zero-order chi connectivity index (χ0) is 13.9. The molecule has 2 unspecified atom stereocenters. The summed E-state index contributed by atoms with van der Waals surface area (Å²) >= 11 is 9.73. The molecule has 0 amide bonds. The Kier molecular flexibility index (Phi) is 4.45. The average Bonchev–Trinajstić information content (AvgIpc) is 2.51. The monoisotopic (exact) mass is 349 g/mol. The standard InChI is InChI=1S/C17H17BrClN/c18-16-7-6-13(10-17(16)19)14-8-9-20-11-15(14)12-4-2-1-3-5-12/h1-7,10,14-15,20H,8-9,11H2. The smallest absolute Gasteiger partial charge is 0.0550 e. The van der Waals surface area contributed by atoms with Gasteiger partial charge >= 0.3 is 0 Å². The van der Waals surface area contributed by atoms with E-state index in [4.69, 9.17) is 11.6 Å². The van der Waals surface area contributed by atoms with Gasteiger partial charge in [0.2, 0.25) is 0 Å². The van der Waals surface area contributed by atoms with Gasteiger partial charge in [0.15, 0.2) is 0 Å². The predicted octanol–water partition coefficient (Wildman–Crippen LogP) is 4.96. The third-order valence-electron chi connectivity index (χ3n) is 4.08. The molecule has 0 aromatic heterocycles. The third kappa shape index (κ3) is 2.93. The molecule has 20 heavy (non-hydrogen) atoms. The maximum absolute atomic E-state index is 6.26. The van der Waals surface area contributed by atoms with Gasteiger partial charge in [0, 0.05) is 16.9 Å². The number of nitrogens with one attached hydrogen (secondary N) is 1. The first-order chi connectivity index (χ1) is 9.75. The number of benzene rings is 2. The van der Waals surface area contributed by atoms with E-state index < -0.39 is 0 Å². The van der Waals surface area contributed by atoms with Gasteiger partial charge in [-0.3, -0.25) is 0 Å². The molecule has 2 aromatic rings. The van der Waals surface area contributed by atoms with E-state index in [2.05, 4.69) is 69.8 Å². The van der Waals surface area contributed by atoms with Crippen LogP contribution in [0.4, 0.5) is 0 Å². The van der Waals surface area contributed by atoms with Crippen LogP contribution in [-0.4, -0.2) is 13.1 Å². The van der Waals surface area contributed by atoms with Crippen molar-refractivity contribution in [2.24, 2.45) is 0 Å². The number of hydrogen-bond donors (Lipinski definition) is 1. The molecule has 3 rings (SSSR count). The van der Waals surface area contributed by atoms with Crippen LogP contribution < -0.4 is 5.32 Å². The van der Waals surface area contributed by atoms with Gasteiger partial charge in [-0.1, -0.05) is 48.0 Å². The van der Waals surface area contributed by atoms with Crippen molar-refractivity contribution in [1.29, 1.82) is 0 Å². The number of rotatable bonds is 2. The largest absolute Gasteiger partial charge is 0.316 e. The molecule has 1 aliphatic rings. The molecule has 1 nitrogen and oxygen atoms in total. The van der Waals surface area contributed by atoms with Gasteiger partial charge in [0.05, 0.1) is 5.02 Å². The summed E-state index contributed by atoms with van der Waals surface area (Å²) in [5, 5.41) is 4.32. The quantitative estimate of drug-likeness (QED) is 0.807. The lowest BCUT2D eigenvalue weighted by Crippen LogP contribution is -2.34. The van der Waals surface area contributed by atoms with Gasteiger partial charge in [-0.15, -0.1) is 0 Å². The van der Waals surface area contributed by atoms with Crippen LogP contribution in [0.1, 0.15) is 29.4 Å². The zero-order valence-corrected chi connectivity index (χ0v) is 13.5. The number of halogens is 2. The highest BCUT2D eigenvalue weighted by Crippen LogP contribution is 2.39. The van der Waals surface area contributed by atoms with E-state index in [0.29, 0.717) is 11.8 Å². The van der Waals surface area contributed by atoms with Crippen molar-refractivity contribution in [2.75, 3.05) is 13.1 Å². The predicted molar refractivity (Wildman–Crippen MR) is 88.6 cm³/mol. The van der Waals surface area contributed by atoms with Crippen molar-refractivity contribution >= 4 is 27.5 Å². The Hall–Kier alpha value is -0.830. The fourth-order valence-electron chi connectivity index (χ4n) is 3.05. The molecule has 104 valence electrons. The van der Waals surface area contributed by atoms with Gasteiger partial charge in [0.1, 0.15) is 0 Å². The third-order valence-corrected chi connectivity index (χ3v) is 5.31. The summed E-state index contributed by atoms with van der Waals surface area (Å²) in [4.78, 5) is 0. The summed E-state index contributed by atoms with van der Waals surface area (Å²) in [6, 6.07) is 17.1. The molecule has 2 atom stereocenters. The molecular weight excluding hydrogens is 334 g/mol. The van der Waals surface area contributed by atoms with Crippen LogP contribution in [0.2, 0.25) is 5.02 Å². The van der Waals surface area contributed by atoms with E-state index in [1.165, 1.54) is 11.1 Å². The first kappa shape index (κ1) is 14.1. The lowest BCUT2D eigenvalue weighted by Gasteiger charge is -2.33. The van der Waals surface area contributed by atoms with Crippen molar-refractivity contribution in [2.45, 2.75) is 18.3 Å². The van der Waals surface area contributed by atoms with Gasteiger partial charge in [-0.05, 0) is 58.1 Å². The molecule has 3 heteroatoms. The summed E-state index contributed by atoms with van der Waals surface area (Å²) in [6.45, 7) is 2.10. The lowest BCUT2D eigenvalue weighted by atomic mass is 9.77. The minimum absolute atomic E-state index is 0.516. The highest BCUT2D eigenvalue weighted by atomic mass is 79.9. The van der Waals surface area contributed by atoms with E-state index >= 15 is 0 Å². The Morgan fingerprint density at radius 2 is 1.80 bits per heavy atom.